The van der Waals surface area contributed by atoms with E-state index in [4.69, 9.17) is 0 Å². The first kappa shape index (κ1) is 48.6. The zero-order valence-corrected chi connectivity index (χ0v) is 33.6. The summed E-state index contributed by atoms with van der Waals surface area (Å²) in [4.78, 5) is 12.5. The first-order valence-corrected chi connectivity index (χ1v) is 22.8. The molecule has 0 spiro atoms. The monoisotopic (exact) mass is 724 g/mol. The molecule has 0 saturated carbocycles. The molecule has 2 atom stereocenters. The van der Waals surface area contributed by atoms with Gasteiger partial charge >= 0.3 is 0 Å². The smallest absolute Gasteiger partial charge is 0.267 e. The van der Waals surface area contributed by atoms with Gasteiger partial charge in [-0.2, -0.15) is 8.42 Å². The first-order chi connectivity index (χ1) is 24.3. The molecule has 0 aromatic rings. The number of carbonyl (C=O) groups excluding carboxylic acids is 1. The minimum absolute atomic E-state index is 0.278. The van der Waals surface area contributed by atoms with E-state index in [9.17, 15) is 22.9 Å². The van der Waals surface area contributed by atoms with Crippen molar-refractivity contribution in [2.24, 2.45) is 0 Å². The summed E-state index contributed by atoms with van der Waals surface area (Å²) in [5.74, 6) is -1.01. The number of nitrogens with one attached hydrogen (secondary N) is 1. The van der Waals surface area contributed by atoms with Crippen molar-refractivity contribution in [3.8, 4) is 0 Å². The summed E-state index contributed by atoms with van der Waals surface area (Å²) in [6, 6.07) is -1.08. The molecule has 0 aromatic carbocycles. The van der Waals surface area contributed by atoms with Gasteiger partial charge in [0.05, 0.1) is 17.9 Å². The predicted octanol–water partition coefficient (Wildman–Crippen LogP) is 12.5. The fraction of sp³-hybridized carbons (Fsp3) is 0.837. The van der Waals surface area contributed by atoms with Crippen LogP contribution in [0.2, 0.25) is 0 Å². The van der Waals surface area contributed by atoms with Gasteiger partial charge in [0.25, 0.3) is 10.1 Å². The highest BCUT2D eigenvalue weighted by Crippen LogP contribution is 2.14. The predicted molar refractivity (Wildman–Crippen MR) is 216 cm³/mol. The van der Waals surface area contributed by atoms with E-state index >= 15 is 0 Å². The topological polar surface area (TPSA) is 104 Å². The molecule has 7 heteroatoms. The standard InChI is InChI=1S/C43H81NO5S/c1-3-5-7-9-11-13-15-17-19-20-21-22-23-24-25-26-28-30-32-34-36-38-42(45)41(40-50(47,48)49)44-43(46)39-37-35-33-31-29-27-18-16-14-12-10-8-6-4-2/h16,18,28,30,36,38,41-42,45H,3-15,17,19-27,29,31-35,37,39-40H2,1-2H3,(H,44,46)(H,47,48,49)/b18-16-,30-28+,38-36+. The van der Waals surface area contributed by atoms with Crippen molar-refractivity contribution < 1.29 is 22.9 Å². The van der Waals surface area contributed by atoms with Gasteiger partial charge in [-0.3, -0.25) is 9.35 Å². The number of amides is 1. The van der Waals surface area contributed by atoms with Crippen molar-refractivity contribution in [1.29, 1.82) is 0 Å². The third-order valence-corrected chi connectivity index (χ3v) is 10.3. The lowest BCUT2D eigenvalue weighted by Crippen LogP contribution is -2.46. The summed E-state index contributed by atoms with van der Waals surface area (Å²) < 4.78 is 32.5. The Balaban J connectivity index is 3.94. The summed E-state index contributed by atoms with van der Waals surface area (Å²) in [5, 5.41) is 13.2. The Hall–Kier alpha value is -1.44. The van der Waals surface area contributed by atoms with Gasteiger partial charge in [0.2, 0.25) is 5.91 Å². The van der Waals surface area contributed by atoms with E-state index in [1.54, 1.807) is 0 Å². The molecule has 0 radical (unpaired) electrons. The van der Waals surface area contributed by atoms with Crippen molar-refractivity contribution >= 4 is 16.0 Å². The molecular formula is C43H81NO5S. The maximum absolute atomic E-state index is 12.5. The minimum atomic E-state index is -4.35. The van der Waals surface area contributed by atoms with Crippen molar-refractivity contribution in [1.82, 2.24) is 5.32 Å². The molecule has 0 aliphatic carbocycles. The number of rotatable bonds is 38. The number of aliphatic hydroxyl groups excluding tert-OH is 1. The fourth-order valence-corrected chi connectivity index (χ4v) is 7.08. The Kier molecular flexibility index (Phi) is 36.2. The molecule has 0 saturated heterocycles. The molecular weight excluding hydrogens is 643 g/mol. The lowest BCUT2D eigenvalue weighted by atomic mass is 10.0. The quantitative estimate of drug-likeness (QED) is 0.0334. The van der Waals surface area contributed by atoms with Crippen LogP contribution in [-0.4, -0.2) is 41.9 Å². The normalized spacial score (nSPS) is 13.6. The summed E-state index contributed by atoms with van der Waals surface area (Å²) in [5.41, 5.74) is 0. The van der Waals surface area contributed by atoms with Crippen LogP contribution in [0, 0.1) is 0 Å². The highest BCUT2D eigenvalue weighted by Gasteiger charge is 2.24. The number of aliphatic hydroxyl groups is 1. The van der Waals surface area contributed by atoms with E-state index in [1.807, 2.05) is 6.08 Å². The second-order valence-electron chi connectivity index (χ2n) is 14.6. The van der Waals surface area contributed by atoms with Crippen LogP contribution in [0.1, 0.15) is 213 Å². The Bertz CT molecular complexity index is 930. The Morgan fingerprint density at radius 1 is 0.520 bits per heavy atom. The maximum Gasteiger partial charge on any atom is 0.267 e. The van der Waals surface area contributed by atoms with Gasteiger partial charge in [0.15, 0.2) is 0 Å². The highest BCUT2D eigenvalue weighted by atomic mass is 32.2. The van der Waals surface area contributed by atoms with E-state index in [0.717, 1.165) is 51.4 Å². The number of hydrogen-bond donors (Lipinski definition) is 3. The van der Waals surface area contributed by atoms with Crippen LogP contribution in [0.15, 0.2) is 36.5 Å². The van der Waals surface area contributed by atoms with Gasteiger partial charge in [-0.1, -0.05) is 185 Å². The average molecular weight is 724 g/mol. The van der Waals surface area contributed by atoms with Crippen molar-refractivity contribution in [3.05, 3.63) is 36.5 Å². The van der Waals surface area contributed by atoms with Crippen molar-refractivity contribution in [2.75, 3.05) is 5.75 Å². The molecule has 3 N–H and O–H groups in total. The van der Waals surface area contributed by atoms with Gasteiger partial charge in [0, 0.05) is 6.42 Å². The van der Waals surface area contributed by atoms with Gasteiger partial charge in [-0.15, -0.1) is 0 Å². The molecule has 0 aliphatic rings. The van der Waals surface area contributed by atoms with E-state index in [1.165, 1.54) is 141 Å². The highest BCUT2D eigenvalue weighted by molar-refractivity contribution is 7.85. The lowest BCUT2D eigenvalue weighted by Gasteiger charge is -2.21. The van der Waals surface area contributed by atoms with E-state index in [0.29, 0.717) is 6.42 Å². The molecule has 2 unspecified atom stereocenters. The third kappa shape index (κ3) is 37.8. The minimum Gasteiger partial charge on any atom is -0.387 e. The van der Waals surface area contributed by atoms with E-state index < -0.39 is 28.0 Å². The largest absolute Gasteiger partial charge is 0.387 e. The zero-order chi connectivity index (χ0) is 36.8. The van der Waals surface area contributed by atoms with Crippen LogP contribution in [0.4, 0.5) is 0 Å². The molecule has 0 aromatic heterocycles. The summed E-state index contributed by atoms with van der Waals surface area (Å²) in [6.07, 6.45) is 48.5. The number of allylic oxidation sites excluding steroid dienone is 5. The molecule has 0 bridgehead atoms. The van der Waals surface area contributed by atoms with Gasteiger partial charge < -0.3 is 10.4 Å². The molecule has 50 heavy (non-hydrogen) atoms. The van der Waals surface area contributed by atoms with Gasteiger partial charge in [-0.05, 0) is 57.8 Å². The van der Waals surface area contributed by atoms with Crippen LogP contribution in [0.25, 0.3) is 0 Å². The average Bonchev–Trinajstić information content (AvgIpc) is 3.08. The van der Waals surface area contributed by atoms with Crippen molar-refractivity contribution in [3.63, 3.8) is 0 Å². The third-order valence-electron chi connectivity index (χ3n) is 9.54. The summed E-state index contributed by atoms with van der Waals surface area (Å²) >= 11 is 0. The van der Waals surface area contributed by atoms with Crippen molar-refractivity contribution in [2.45, 2.75) is 225 Å². The van der Waals surface area contributed by atoms with E-state index in [-0.39, 0.29) is 12.3 Å². The number of unbranched alkanes of at least 4 members (excludes halogenated alkanes) is 26. The molecule has 1 amide bonds. The van der Waals surface area contributed by atoms with Crippen LogP contribution in [0.5, 0.6) is 0 Å². The molecule has 0 heterocycles. The Morgan fingerprint density at radius 3 is 1.26 bits per heavy atom. The molecule has 0 aliphatic heterocycles. The van der Waals surface area contributed by atoms with E-state index in [2.05, 4.69) is 43.5 Å². The number of hydrogen-bond acceptors (Lipinski definition) is 4. The fourth-order valence-electron chi connectivity index (χ4n) is 6.34. The first-order valence-electron chi connectivity index (χ1n) is 21.2. The summed E-state index contributed by atoms with van der Waals surface area (Å²) in [7, 11) is -4.35. The molecule has 0 fully saturated rings. The second-order valence-corrected chi connectivity index (χ2v) is 16.1. The number of carbonyl (C=O) groups is 1. The van der Waals surface area contributed by atoms with Crippen LogP contribution < -0.4 is 5.32 Å². The lowest BCUT2D eigenvalue weighted by molar-refractivity contribution is -0.122. The SMILES string of the molecule is CCCCCCC/C=C\CCCCCCCC(=O)NC(CS(=O)(=O)O)C(O)/C=C/CC/C=C/CCCCCCCCCCCCCCCCC. The zero-order valence-electron chi connectivity index (χ0n) is 32.8. The van der Waals surface area contributed by atoms with Gasteiger partial charge in [-0.25, -0.2) is 0 Å². The van der Waals surface area contributed by atoms with Crippen LogP contribution in [0.3, 0.4) is 0 Å². The van der Waals surface area contributed by atoms with Crippen LogP contribution >= 0.6 is 0 Å². The summed E-state index contributed by atoms with van der Waals surface area (Å²) in [6.45, 7) is 4.52. The van der Waals surface area contributed by atoms with Crippen LogP contribution in [-0.2, 0) is 14.9 Å². The maximum atomic E-state index is 12.5. The molecule has 6 nitrogen and oxygen atoms in total. The molecule has 294 valence electrons. The Labute approximate surface area is 310 Å². The Morgan fingerprint density at radius 2 is 0.860 bits per heavy atom. The van der Waals surface area contributed by atoms with Gasteiger partial charge in [0.1, 0.15) is 0 Å². The molecule has 0 rings (SSSR count). The second kappa shape index (κ2) is 37.3.